The van der Waals surface area contributed by atoms with Crippen molar-refractivity contribution in [2.75, 3.05) is 41.3 Å². The molecule has 146 valence electrons. The molecule has 3 unspecified atom stereocenters. The number of pyridine rings is 1. The van der Waals surface area contributed by atoms with Crippen molar-refractivity contribution in [3.8, 4) is 5.75 Å². The summed E-state index contributed by atoms with van der Waals surface area (Å²) in [5, 5.41) is 0. The highest BCUT2D eigenvalue weighted by atomic mass is 79.9. The van der Waals surface area contributed by atoms with Gasteiger partial charge < -0.3 is 28.3 Å². The summed E-state index contributed by atoms with van der Waals surface area (Å²) in [4.78, 5) is 12.6. The number of nitrogens with zero attached hydrogens (tertiary/aromatic N) is 1. The predicted molar refractivity (Wildman–Crippen MR) is 101 cm³/mol. The Balaban J connectivity index is 2.61. The quantitative estimate of drug-likeness (QED) is 0.340. The average molecular weight is 432 g/mol. The number of halogens is 1. The van der Waals surface area contributed by atoms with E-state index in [-0.39, 0.29) is 24.1 Å². The summed E-state index contributed by atoms with van der Waals surface area (Å²) in [5.74, 6) is 0.241. The third-order valence-corrected chi connectivity index (χ3v) is 5.23. The van der Waals surface area contributed by atoms with Gasteiger partial charge in [-0.1, -0.05) is 13.0 Å². The van der Waals surface area contributed by atoms with Crippen molar-refractivity contribution in [2.45, 2.75) is 25.7 Å². The van der Waals surface area contributed by atoms with Crippen LogP contribution < -0.4 is 10.2 Å². The fourth-order valence-electron chi connectivity index (χ4n) is 3.39. The Morgan fingerprint density at radius 2 is 2.15 bits per heavy atom. The molecule has 0 saturated carbocycles. The minimum absolute atomic E-state index is 0.0611. The van der Waals surface area contributed by atoms with Crippen molar-refractivity contribution < 1.29 is 23.7 Å². The Hall–Kier alpha value is -1.19. The zero-order chi connectivity index (χ0) is 19.3. The first kappa shape index (κ1) is 21.1. The van der Waals surface area contributed by atoms with Crippen molar-refractivity contribution in [1.82, 2.24) is 4.57 Å². The molecule has 0 bridgehead atoms. The SMILES string of the molecule is C=CCOCC1(C)C(OC)Cn2cc(Br)c(=O)c(OC)c2C1OCOC. The summed E-state index contributed by atoms with van der Waals surface area (Å²) < 4.78 is 30.4. The molecule has 0 spiro atoms. The highest BCUT2D eigenvalue weighted by Gasteiger charge is 2.50. The second kappa shape index (κ2) is 9.14. The summed E-state index contributed by atoms with van der Waals surface area (Å²) in [6.45, 7) is 7.06. The van der Waals surface area contributed by atoms with Crippen LogP contribution in [0.15, 0.2) is 28.1 Å². The minimum Gasteiger partial charge on any atom is -0.491 e. The molecule has 2 heterocycles. The number of fused-ring (bicyclic) bond motifs is 1. The van der Waals surface area contributed by atoms with Gasteiger partial charge in [0.15, 0.2) is 5.75 Å². The predicted octanol–water partition coefficient (Wildman–Crippen LogP) is 2.52. The first-order valence-corrected chi connectivity index (χ1v) is 9.02. The maximum atomic E-state index is 12.6. The van der Waals surface area contributed by atoms with Crippen LogP contribution in [0.4, 0.5) is 0 Å². The molecule has 0 radical (unpaired) electrons. The fraction of sp³-hybridized carbons (Fsp3) is 0.611. The summed E-state index contributed by atoms with van der Waals surface area (Å²) in [7, 11) is 4.68. The molecule has 1 aliphatic heterocycles. The van der Waals surface area contributed by atoms with Crippen molar-refractivity contribution in [3.63, 3.8) is 0 Å². The van der Waals surface area contributed by atoms with Gasteiger partial charge in [0, 0.05) is 27.0 Å². The molecule has 1 aliphatic rings. The molecule has 7 nitrogen and oxygen atoms in total. The molecule has 8 heteroatoms. The topological polar surface area (TPSA) is 68.2 Å². The van der Waals surface area contributed by atoms with Crippen molar-refractivity contribution in [1.29, 1.82) is 0 Å². The van der Waals surface area contributed by atoms with Crippen molar-refractivity contribution >= 4 is 15.9 Å². The van der Waals surface area contributed by atoms with E-state index in [1.165, 1.54) is 7.11 Å². The molecule has 2 rings (SSSR count). The Labute approximate surface area is 162 Å². The Morgan fingerprint density at radius 1 is 1.42 bits per heavy atom. The van der Waals surface area contributed by atoms with E-state index >= 15 is 0 Å². The number of hydrogen-bond donors (Lipinski definition) is 0. The maximum Gasteiger partial charge on any atom is 0.237 e. The van der Waals surface area contributed by atoms with Crippen LogP contribution in [0.1, 0.15) is 18.7 Å². The van der Waals surface area contributed by atoms with E-state index in [2.05, 4.69) is 22.5 Å². The van der Waals surface area contributed by atoms with Gasteiger partial charge in [0.25, 0.3) is 0 Å². The number of hydrogen-bond acceptors (Lipinski definition) is 6. The second-order valence-corrected chi connectivity index (χ2v) is 7.22. The molecular formula is C18H26BrNO6. The zero-order valence-electron chi connectivity index (χ0n) is 15.6. The molecule has 0 saturated heterocycles. The van der Waals surface area contributed by atoms with E-state index in [0.717, 1.165) is 0 Å². The lowest BCUT2D eigenvalue weighted by Gasteiger charge is -2.47. The van der Waals surface area contributed by atoms with Gasteiger partial charge in [-0.3, -0.25) is 4.79 Å². The van der Waals surface area contributed by atoms with E-state index in [0.29, 0.717) is 29.9 Å². The second-order valence-electron chi connectivity index (χ2n) is 6.36. The Bertz CT molecular complexity index is 691. The molecule has 0 fully saturated rings. The molecule has 26 heavy (non-hydrogen) atoms. The normalized spacial score (nSPS) is 25.0. The Morgan fingerprint density at radius 3 is 2.73 bits per heavy atom. The Kier molecular flexibility index (Phi) is 7.42. The maximum absolute atomic E-state index is 12.6. The molecule has 1 aromatic rings. The molecular weight excluding hydrogens is 406 g/mol. The molecule has 0 aliphatic carbocycles. The largest absolute Gasteiger partial charge is 0.491 e. The van der Waals surface area contributed by atoms with Crippen LogP contribution in [0.2, 0.25) is 0 Å². The summed E-state index contributed by atoms with van der Waals surface area (Å²) in [6.07, 6.45) is 2.69. The van der Waals surface area contributed by atoms with Gasteiger partial charge in [0.1, 0.15) is 12.9 Å². The standard InChI is InChI=1S/C18H26BrNO6/c1-6-7-25-10-18(2)13(23-4)9-20-8-12(19)15(21)16(24-5)14(20)17(18)26-11-22-3/h6,8,13,17H,1,7,9-11H2,2-5H3. The minimum atomic E-state index is -0.566. The number of rotatable bonds is 9. The molecule has 1 aromatic heterocycles. The molecule has 3 atom stereocenters. The van der Waals surface area contributed by atoms with E-state index < -0.39 is 11.5 Å². The van der Waals surface area contributed by atoms with E-state index in [9.17, 15) is 4.79 Å². The van der Waals surface area contributed by atoms with Crippen LogP contribution in [0.5, 0.6) is 5.75 Å². The van der Waals surface area contributed by atoms with E-state index in [1.54, 1.807) is 26.5 Å². The van der Waals surface area contributed by atoms with Gasteiger partial charge >= 0.3 is 0 Å². The summed E-state index contributed by atoms with van der Waals surface area (Å²) in [6, 6.07) is 0. The first-order chi connectivity index (χ1) is 12.4. The summed E-state index contributed by atoms with van der Waals surface area (Å²) >= 11 is 3.30. The lowest BCUT2D eigenvalue weighted by molar-refractivity contribution is -0.188. The van der Waals surface area contributed by atoms with Gasteiger partial charge in [0.05, 0.1) is 42.0 Å². The number of methoxy groups -OCH3 is 3. The lowest BCUT2D eigenvalue weighted by Crippen LogP contribution is -2.51. The van der Waals surface area contributed by atoms with Crippen LogP contribution in [0, 0.1) is 5.41 Å². The molecule has 0 N–H and O–H groups in total. The molecule has 0 amide bonds. The highest BCUT2D eigenvalue weighted by Crippen LogP contribution is 2.47. The van der Waals surface area contributed by atoms with E-state index in [1.807, 2.05) is 11.5 Å². The van der Waals surface area contributed by atoms with Gasteiger partial charge in [-0.2, -0.15) is 0 Å². The first-order valence-electron chi connectivity index (χ1n) is 8.23. The number of aromatic nitrogens is 1. The van der Waals surface area contributed by atoms with Crippen LogP contribution >= 0.6 is 15.9 Å². The van der Waals surface area contributed by atoms with Gasteiger partial charge in [0.2, 0.25) is 5.43 Å². The van der Waals surface area contributed by atoms with Crippen molar-refractivity contribution in [2.24, 2.45) is 5.41 Å². The van der Waals surface area contributed by atoms with Crippen LogP contribution in [-0.2, 0) is 25.5 Å². The smallest absolute Gasteiger partial charge is 0.237 e. The fourth-order valence-corrected chi connectivity index (χ4v) is 3.81. The van der Waals surface area contributed by atoms with E-state index in [4.69, 9.17) is 23.7 Å². The third kappa shape index (κ3) is 3.89. The van der Waals surface area contributed by atoms with Crippen molar-refractivity contribution in [3.05, 3.63) is 39.2 Å². The van der Waals surface area contributed by atoms with Gasteiger partial charge in [-0.05, 0) is 15.9 Å². The van der Waals surface area contributed by atoms with Crippen LogP contribution in [-0.4, -0.2) is 52.0 Å². The van der Waals surface area contributed by atoms with Crippen LogP contribution in [0.25, 0.3) is 0 Å². The van der Waals surface area contributed by atoms with Gasteiger partial charge in [-0.25, -0.2) is 0 Å². The monoisotopic (exact) mass is 431 g/mol. The number of ether oxygens (including phenoxy) is 5. The van der Waals surface area contributed by atoms with Crippen LogP contribution in [0.3, 0.4) is 0 Å². The lowest BCUT2D eigenvalue weighted by atomic mass is 9.74. The average Bonchev–Trinajstić information content (AvgIpc) is 2.62. The zero-order valence-corrected chi connectivity index (χ0v) is 17.2. The van der Waals surface area contributed by atoms with Gasteiger partial charge in [-0.15, -0.1) is 6.58 Å². The summed E-state index contributed by atoms with van der Waals surface area (Å²) in [5.41, 5.74) is -0.144. The highest BCUT2D eigenvalue weighted by molar-refractivity contribution is 9.10. The third-order valence-electron chi connectivity index (χ3n) is 4.67. The molecule has 0 aromatic carbocycles.